The van der Waals surface area contributed by atoms with Crippen molar-refractivity contribution in [2.24, 2.45) is 0 Å². The molecule has 4 atom stereocenters. The summed E-state index contributed by atoms with van der Waals surface area (Å²) in [5.74, 6) is 2.26. The maximum Gasteiger partial charge on any atom is 0.330 e. The number of hydrogen-bond acceptors (Lipinski definition) is 6. The number of nitrogens with zero attached hydrogens (tertiary/aromatic N) is 1. The van der Waals surface area contributed by atoms with E-state index < -0.39 is 42.4 Å². The molecule has 0 radical (unpaired) electrons. The van der Waals surface area contributed by atoms with Crippen LogP contribution in [0, 0.1) is 19.3 Å². The Bertz CT molecular complexity index is 658. The number of aromatic nitrogens is 2. The maximum atomic E-state index is 11.9. The molecule has 2 heterocycles. The molecule has 1 saturated heterocycles. The lowest BCUT2D eigenvalue weighted by atomic mass is 10.1. The zero-order chi connectivity index (χ0) is 15.6. The number of aromatic amines is 1. The van der Waals surface area contributed by atoms with Crippen molar-refractivity contribution in [3.05, 3.63) is 32.6 Å². The molecule has 1 aromatic rings. The normalized spacial score (nSPS) is 28.5. The summed E-state index contributed by atoms with van der Waals surface area (Å²) in [6.07, 6.45) is 2.45. The predicted octanol–water partition coefficient (Wildman–Crippen LogP) is -1.89. The molecule has 114 valence electrons. The fourth-order valence-corrected chi connectivity index (χ4v) is 2.19. The first-order valence-corrected chi connectivity index (χ1v) is 6.31. The van der Waals surface area contributed by atoms with Crippen LogP contribution in [0.2, 0.25) is 0 Å². The van der Waals surface area contributed by atoms with Crippen LogP contribution in [0.5, 0.6) is 0 Å². The topological polar surface area (TPSA) is 114 Å². The van der Waals surface area contributed by atoms with Crippen molar-refractivity contribution in [1.82, 2.24) is 9.55 Å². The van der Waals surface area contributed by atoms with E-state index >= 15 is 0 Å². The van der Waals surface area contributed by atoms with Crippen LogP contribution in [-0.4, -0.2) is 51.3 Å². The van der Waals surface area contributed by atoms with E-state index in [1.807, 2.05) is 0 Å². The number of aliphatic hydroxyl groups excluding tert-OH is 2. The van der Waals surface area contributed by atoms with Gasteiger partial charge in [0.15, 0.2) is 6.23 Å². The maximum absolute atomic E-state index is 11.9. The zero-order valence-corrected chi connectivity index (χ0v) is 11.4. The van der Waals surface area contributed by atoms with E-state index in [2.05, 4.69) is 10.9 Å². The van der Waals surface area contributed by atoms with Crippen LogP contribution >= 0.6 is 0 Å². The highest BCUT2D eigenvalue weighted by molar-refractivity contribution is 5.03. The van der Waals surface area contributed by atoms with Gasteiger partial charge in [0.25, 0.3) is 5.56 Å². The van der Waals surface area contributed by atoms with Gasteiger partial charge >= 0.3 is 5.69 Å². The van der Waals surface area contributed by atoms with Crippen LogP contribution in [0.4, 0.5) is 0 Å². The average Bonchev–Trinajstić information content (AvgIpc) is 2.77. The van der Waals surface area contributed by atoms with E-state index in [1.165, 1.54) is 13.1 Å². The molecule has 1 aliphatic heterocycles. The highest BCUT2D eigenvalue weighted by atomic mass is 16.6. The molecule has 1 fully saturated rings. The van der Waals surface area contributed by atoms with Crippen molar-refractivity contribution in [3.63, 3.8) is 0 Å². The Morgan fingerprint density at radius 3 is 2.90 bits per heavy atom. The Kier molecular flexibility index (Phi) is 4.59. The summed E-state index contributed by atoms with van der Waals surface area (Å²) in [5.41, 5.74) is -0.902. The molecule has 0 saturated carbocycles. The first-order chi connectivity index (χ1) is 9.99. The second-order valence-corrected chi connectivity index (χ2v) is 4.70. The van der Waals surface area contributed by atoms with Crippen LogP contribution in [-0.2, 0) is 9.47 Å². The molecule has 8 nitrogen and oxygen atoms in total. The SMILES string of the molecule is C#CCO[C@@H]1[C@H](O)[C@@H](CO)O[C@H]1n1cc(C)c(=O)[nH]c1=O. The highest BCUT2D eigenvalue weighted by Crippen LogP contribution is 2.30. The van der Waals surface area contributed by atoms with Gasteiger partial charge in [-0.25, -0.2) is 4.79 Å². The highest BCUT2D eigenvalue weighted by Gasteiger charge is 2.45. The molecule has 0 aromatic carbocycles. The molecule has 0 aliphatic carbocycles. The van der Waals surface area contributed by atoms with Crippen LogP contribution in [0.25, 0.3) is 0 Å². The van der Waals surface area contributed by atoms with Gasteiger partial charge in [-0.05, 0) is 6.92 Å². The van der Waals surface area contributed by atoms with Crippen molar-refractivity contribution in [1.29, 1.82) is 0 Å². The van der Waals surface area contributed by atoms with Crippen molar-refractivity contribution in [2.45, 2.75) is 31.5 Å². The summed E-state index contributed by atoms with van der Waals surface area (Å²) in [4.78, 5) is 25.4. The van der Waals surface area contributed by atoms with Gasteiger partial charge in [-0.15, -0.1) is 6.42 Å². The molecule has 0 spiro atoms. The number of H-pyrrole nitrogens is 1. The minimum Gasteiger partial charge on any atom is -0.394 e. The van der Waals surface area contributed by atoms with Gasteiger partial charge in [-0.2, -0.15) is 0 Å². The molecule has 0 amide bonds. The van der Waals surface area contributed by atoms with Crippen LogP contribution in [0.1, 0.15) is 11.8 Å². The molecule has 8 heteroatoms. The van der Waals surface area contributed by atoms with E-state index in [-0.39, 0.29) is 6.61 Å². The molecular formula is C13H16N2O6. The second-order valence-electron chi connectivity index (χ2n) is 4.70. The van der Waals surface area contributed by atoms with Gasteiger partial charge in [0.1, 0.15) is 24.9 Å². The first kappa shape index (κ1) is 15.5. The van der Waals surface area contributed by atoms with Crippen molar-refractivity contribution < 1.29 is 19.7 Å². The van der Waals surface area contributed by atoms with Gasteiger partial charge in [0.05, 0.1) is 6.61 Å². The Morgan fingerprint density at radius 1 is 1.57 bits per heavy atom. The zero-order valence-electron chi connectivity index (χ0n) is 11.4. The lowest BCUT2D eigenvalue weighted by molar-refractivity contribution is -0.0678. The Labute approximate surface area is 119 Å². The quantitative estimate of drug-likeness (QED) is 0.560. The molecule has 1 aromatic heterocycles. The Balaban J connectivity index is 2.40. The lowest BCUT2D eigenvalue weighted by Crippen LogP contribution is -2.40. The average molecular weight is 296 g/mol. The van der Waals surface area contributed by atoms with Crippen LogP contribution in [0.3, 0.4) is 0 Å². The van der Waals surface area contributed by atoms with Crippen LogP contribution in [0.15, 0.2) is 15.8 Å². The largest absolute Gasteiger partial charge is 0.394 e. The van der Waals surface area contributed by atoms with Gasteiger partial charge in [0, 0.05) is 11.8 Å². The third-order valence-electron chi connectivity index (χ3n) is 3.27. The van der Waals surface area contributed by atoms with E-state index in [4.69, 9.17) is 15.9 Å². The van der Waals surface area contributed by atoms with Gasteiger partial charge < -0.3 is 19.7 Å². The number of hydrogen-bond donors (Lipinski definition) is 3. The molecule has 0 bridgehead atoms. The van der Waals surface area contributed by atoms with Crippen molar-refractivity contribution in [3.8, 4) is 12.3 Å². The Hall–Kier alpha value is -1.92. The molecule has 0 unspecified atom stereocenters. The van der Waals surface area contributed by atoms with Gasteiger partial charge in [-0.1, -0.05) is 5.92 Å². The molecule has 2 rings (SSSR count). The van der Waals surface area contributed by atoms with E-state index in [0.29, 0.717) is 5.56 Å². The smallest absolute Gasteiger partial charge is 0.330 e. The monoisotopic (exact) mass is 296 g/mol. The third kappa shape index (κ3) is 2.91. The number of ether oxygens (including phenoxy) is 2. The molecular weight excluding hydrogens is 280 g/mol. The number of nitrogens with one attached hydrogen (secondary N) is 1. The van der Waals surface area contributed by atoms with Crippen LogP contribution < -0.4 is 11.2 Å². The summed E-state index contributed by atoms with van der Waals surface area (Å²) in [5, 5.41) is 19.2. The third-order valence-corrected chi connectivity index (χ3v) is 3.27. The first-order valence-electron chi connectivity index (χ1n) is 6.31. The summed E-state index contributed by atoms with van der Waals surface area (Å²) in [6, 6.07) is 0. The predicted molar refractivity (Wildman–Crippen MR) is 71.6 cm³/mol. The molecule has 21 heavy (non-hydrogen) atoms. The summed E-state index contributed by atoms with van der Waals surface area (Å²) in [6.45, 7) is 1.00. The molecule has 1 aliphatic rings. The fourth-order valence-electron chi connectivity index (χ4n) is 2.19. The summed E-state index contributed by atoms with van der Waals surface area (Å²) < 4.78 is 11.9. The molecule has 3 N–H and O–H groups in total. The summed E-state index contributed by atoms with van der Waals surface area (Å²) >= 11 is 0. The minimum atomic E-state index is -1.15. The second kappa shape index (κ2) is 6.24. The van der Waals surface area contributed by atoms with Crippen molar-refractivity contribution >= 4 is 0 Å². The number of aryl methyl sites for hydroxylation is 1. The van der Waals surface area contributed by atoms with E-state index in [9.17, 15) is 19.8 Å². The Morgan fingerprint density at radius 2 is 2.29 bits per heavy atom. The number of terminal acetylenes is 1. The lowest BCUT2D eigenvalue weighted by Gasteiger charge is -2.21. The van der Waals surface area contributed by atoms with Crippen molar-refractivity contribution in [2.75, 3.05) is 13.2 Å². The van der Waals surface area contributed by atoms with Gasteiger partial charge in [-0.3, -0.25) is 14.3 Å². The number of aliphatic hydroxyl groups is 2. The number of rotatable bonds is 4. The minimum absolute atomic E-state index is 0.0865. The van der Waals surface area contributed by atoms with E-state index in [1.54, 1.807) is 0 Å². The summed E-state index contributed by atoms with van der Waals surface area (Å²) in [7, 11) is 0. The van der Waals surface area contributed by atoms with Gasteiger partial charge in [0.2, 0.25) is 0 Å². The van der Waals surface area contributed by atoms with E-state index in [0.717, 1.165) is 4.57 Å². The standard InChI is InChI=1S/C13H16N2O6/c1-3-4-20-10-9(17)8(6-16)21-12(10)15-5-7(2)11(18)14-13(15)19/h1,5,8-10,12,16-17H,4,6H2,2H3,(H,14,18,19)/t8-,9-,10-,12-/m1/s1. The fraction of sp³-hybridized carbons (Fsp3) is 0.538.